The third-order valence-electron chi connectivity index (χ3n) is 5.32. The van der Waals surface area contributed by atoms with Crippen molar-refractivity contribution in [1.29, 1.82) is 5.41 Å². The minimum absolute atomic E-state index is 0.0194. The van der Waals surface area contributed by atoms with Crippen LogP contribution in [-0.2, 0) is 22.4 Å². The average Bonchev–Trinajstić information content (AvgIpc) is 2.80. The number of rotatable bonds is 11. The third-order valence-corrected chi connectivity index (χ3v) is 6.06. The quantitative estimate of drug-likeness (QED) is 0.287. The zero-order valence-corrected chi connectivity index (χ0v) is 19.2. The largest absolute Gasteiger partial charge is 0.394 e. The lowest BCUT2D eigenvalue weighted by Gasteiger charge is -2.28. The van der Waals surface area contributed by atoms with Crippen LogP contribution in [0, 0.1) is 5.41 Å². The molecule has 1 aromatic heterocycles. The predicted octanol–water partition coefficient (Wildman–Crippen LogP) is 3.57. The number of ether oxygens (including phenoxy) is 2. The number of H-pyrrole nitrogens is 1. The highest BCUT2D eigenvalue weighted by molar-refractivity contribution is 6.42. The van der Waals surface area contributed by atoms with Crippen molar-refractivity contribution in [2.75, 3.05) is 25.1 Å². The Labute approximate surface area is 196 Å². The lowest BCUT2D eigenvalue weighted by atomic mass is 10.0. The van der Waals surface area contributed by atoms with Gasteiger partial charge in [-0.25, -0.2) is 4.98 Å². The van der Waals surface area contributed by atoms with Gasteiger partial charge in [-0.3, -0.25) is 9.78 Å². The van der Waals surface area contributed by atoms with Crippen LogP contribution in [0.4, 0.5) is 5.95 Å². The molecule has 1 aliphatic rings. The smallest absolute Gasteiger partial charge is 0.256 e. The number of benzene rings is 1. The summed E-state index contributed by atoms with van der Waals surface area (Å²) < 4.78 is 11.2. The van der Waals surface area contributed by atoms with E-state index in [-0.39, 0.29) is 24.4 Å². The first-order chi connectivity index (χ1) is 15.5. The monoisotopic (exact) mass is 482 g/mol. The van der Waals surface area contributed by atoms with Gasteiger partial charge in [0.2, 0.25) is 5.95 Å². The lowest BCUT2D eigenvalue weighted by Crippen LogP contribution is -2.37. The van der Waals surface area contributed by atoms with Crippen molar-refractivity contribution in [3.8, 4) is 0 Å². The Balaban J connectivity index is 1.47. The summed E-state index contributed by atoms with van der Waals surface area (Å²) >= 11 is 12.0. The van der Waals surface area contributed by atoms with E-state index in [2.05, 4.69) is 15.3 Å². The molecule has 1 fully saturated rings. The molecule has 0 aliphatic carbocycles. The zero-order chi connectivity index (χ0) is 22.9. The van der Waals surface area contributed by atoms with Gasteiger partial charge in [0, 0.05) is 18.3 Å². The molecule has 0 unspecified atom stereocenters. The summed E-state index contributed by atoms with van der Waals surface area (Å²) in [5, 5.41) is 20.7. The van der Waals surface area contributed by atoms with Crippen LogP contribution in [0.3, 0.4) is 0 Å². The Morgan fingerprint density at radius 2 is 1.97 bits per heavy atom. The lowest BCUT2D eigenvalue weighted by molar-refractivity contribution is -0.146. The molecule has 0 radical (unpaired) electrons. The number of anilines is 1. The number of hydrogen-bond donors (Lipinski definition) is 4. The van der Waals surface area contributed by atoms with Crippen LogP contribution in [0.2, 0.25) is 10.0 Å². The van der Waals surface area contributed by atoms with Crippen LogP contribution in [0.1, 0.15) is 42.5 Å². The number of aliphatic hydroxyl groups is 1. The second kappa shape index (κ2) is 12.3. The SMILES string of the molecule is N=Cc1nc(NCc2ccc(Cl)c(Cl)c2)[nH]c(=O)c1CCCCC[C@@H]1CO[C@H](CO)CO1. The van der Waals surface area contributed by atoms with Crippen LogP contribution in [0.5, 0.6) is 0 Å². The van der Waals surface area contributed by atoms with Gasteiger partial charge < -0.3 is 25.3 Å². The van der Waals surface area contributed by atoms with Crippen molar-refractivity contribution in [2.24, 2.45) is 0 Å². The van der Waals surface area contributed by atoms with Crippen molar-refractivity contribution >= 4 is 35.4 Å². The van der Waals surface area contributed by atoms with Gasteiger partial charge in [-0.1, -0.05) is 42.1 Å². The highest BCUT2D eigenvalue weighted by Crippen LogP contribution is 2.23. The van der Waals surface area contributed by atoms with Crippen LogP contribution >= 0.6 is 23.2 Å². The maximum atomic E-state index is 12.6. The molecule has 3 rings (SSSR count). The first kappa shape index (κ1) is 24.7. The van der Waals surface area contributed by atoms with E-state index in [0.29, 0.717) is 53.4 Å². The van der Waals surface area contributed by atoms with Crippen LogP contribution in [0.15, 0.2) is 23.0 Å². The second-order valence-electron chi connectivity index (χ2n) is 7.72. The summed E-state index contributed by atoms with van der Waals surface area (Å²) in [4.78, 5) is 19.7. The van der Waals surface area contributed by atoms with Crippen molar-refractivity contribution < 1.29 is 14.6 Å². The van der Waals surface area contributed by atoms with Gasteiger partial charge in [0.05, 0.1) is 41.7 Å². The first-order valence-corrected chi connectivity index (χ1v) is 11.4. The number of aliphatic hydroxyl groups excluding tert-OH is 1. The number of hydrogen-bond acceptors (Lipinski definition) is 7. The van der Waals surface area contributed by atoms with E-state index < -0.39 is 0 Å². The highest BCUT2D eigenvalue weighted by Gasteiger charge is 2.21. The van der Waals surface area contributed by atoms with Crippen molar-refractivity contribution in [1.82, 2.24) is 9.97 Å². The molecule has 0 saturated carbocycles. The van der Waals surface area contributed by atoms with E-state index >= 15 is 0 Å². The minimum atomic E-state index is -0.241. The zero-order valence-electron chi connectivity index (χ0n) is 17.7. The number of aromatic nitrogens is 2. The molecule has 10 heteroatoms. The molecule has 174 valence electrons. The van der Waals surface area contributed by atoms with Crippen LogP contribution in [-0.4, -0.2) is 53.3 Å². The fourth-order valence-corrected chi connectivity index (χ4v) is 3.82. The van der Waals surface area contributed by atoms with E-state index in [1.54, 1.807) is 12.1 Å². The number of unbranched alkanes of at least 4 members (excludes halogenated alkanes) is 2. The average molecular weight is 483 g/mol. The summed E-state index contributed by atoms with van der Waals surface area (Å²) in [6.07, 6.45) is 5.07. The standard InChI is InChI=1S/C22H28Cl2N4O4/c23-18-7-6-14(8-19(18)24)10-26-22-27-20(9-25)17(21(30)28-22)5-3-1-2-4-15-12-32-16(11-29)13-31-15/h6-9,15-16,25,29H,1-5,10-13H2,(H2,26,27,28,30)/t15-,16-/m1/s1. The van der Waals surface area contributed by atoms with E-state index in [4.69, 9.17) is 43.2 Å². The van der Waals surface area contributed by atoms with Crippen LogP contribution in [0.25, 0.3) is 0 Å². The molecule has 1 saturated heterocycles. The second-order valence-corrected chi connectivity index (χ2v) is 8.53. The fourth-order valence-electron chi connectivity index (χ4n) is 3.50. The van der Waals surface area contributed by atoms with Gasteiger partial charge in [0.15, 0.2) is 0 Å². The van der Waals surface area contributed by atoms with Crippen molar-refractivity contribution in [2.45, 2.75) is 50.9 Å². The van der Waals surface area contributed by atoms with Gasteiger partial charge in [-0.15, -0.1) is 0 Å². The summed E-state index contributed by atoms with van der Waals surface area (Å²) in [6, 6.07) is 5.29. The summed E-state index contributed by atoms with van der Waals surface area (Å²) in [6.45, 7) is 1.32. The molecule has 2 heterocycles. The summed E-state index contributed by atoms with van der Waals surface area (Å²) in [5.41, 5.74) is 1.53. The maximum Gasteiger partial charge on any atom is 0.256 e. The molecule has 0 spiro atoms. The molecule has 4 N–H and O–H groups in total. The molecule has 0 amide bonds. The molecular weight excluding hydrogens is 455 g/mol. The van der Waals surface area contributed by atoms with Gasteiger partial charge in [-0.05, 0) is 37.0 Å². The normalized spacial score (nSPS) is 18.5. The van der Waals surface area contributed by atoms with Gasteiger partial charge in [0.1, 0.15) is 6.10 Å². The Bertz CT molecular complexity index is 961. The summed E-state index contributed by atoms with van der Waals surface area (Å²) in [5.74, 6) is 0.305. The van der Waals surface area contributed by atoms with Gasteiger partial charge in [-0.2, -0.15) is 0 Å². The van der Waals surface area contributed by atoms with Crippen molar-refractivity contribution in [3.05, 3.63) is 55.4 Å². The van der Waals surface area contributed by atoms with Crippen molar-refractivity contribution in [3.63, 3.8) is 0 Å². The number of halogens is 2. The molecule has 1 aromatic carbocycles. The Kier molecular flexibility index (Phi) is 9.50. The topological polar surface area (TPSA) is 120 Å². The number of nitrogens with one attached hydrogen (secondary N) is 3. The summed E-state index contributed by atoms with van der Waals surface area (Å²) in [7, 11) is 0. The first-order valence-electron chi connectivity index (χ1n) is 10.7. The maximum absolute atomic E-state index is 12.6. The molecule has 2 atom stereocenters. The predicted molar refractivity (Wildman–Crippen MR) is 125 cm³/mol. The molecular formula is C22H28Cl2N4O4. The van der Waals surface area contributed by atoms with E-state index in [0.717, 1.165) is 37.5 Å². The molecule has 0 bridgehead atoms. The van der Waals surface area contributed by atoms with E-state index in [9.17, 15) is 4.79 Å². The van der Waals surface area contributed by atoms with Crippen LogP contribution < -0.4 is 10.9 Å². The molecule has 8 nitrogen and oxygen atoms in total. The molecule has 32 heavy (non-hydrogen) atoms. The number of nitrogens with zero attached hydrogens (tertiary/aromatic N) is 1. The molecule has 2 aromatic rings. The van der Waals surface area contributed by atoms with E-state index in [1.165, 1.54) is 0 Å². The van der Waals surface area contributed by atoms with E-state index in [1.807, 2.05) is 6.07 Å². The molecule has 1 aliphatic heterocycles. The number of aromatic amines is 1. The third kappa shape index (κ3) is 7.02. The highest BCUT2D eigenvalue weighted by atomic mass is 35.5. The van der Waals surface area contributed by atoms with Gasteiger partial charge >= 0.3 is 0 Å². The fraction of sp³-hybridized carbons (Fsp3) is 0.500. The minimum Gasteiger partial charge on any atom is -0.394 e. The Hall–Kier alpha value is -1.97. The Morgan fingerprint density at radius 3 is 2.66 bits per heavy atom. The Morgan fingerprint density at radius 1 is 1.19 bits per heavy atom. The van der Waals surface area contributed by atoms with Gasteiger partial charge in [0.25, 0.3) is 5.56 Å².